The van der Waals surface area contributed by atoms with Crippen LogP contribution in [0.25, 0.3) is 0 Å². The molecule has 0 spiro atoms. The van der Waals surface area contributed by atoms with Gasteiger partial charge in [-0.3, -0.25) is 9.69 Å². The average Bonchev–Trinajstić information content (AvgIpc) is 2.76. The highest BCUT2D eigenvalue weighted by atomic mass is 79.9. The number of thiophene rings is 1. The summed E-state index contributed by atoms with van der Waals surface area (Å²) in [5.41, 5.74) is -0.480. The van der Waals surface area contributed by atoms with Gasteiger partial charge in [-0.1, -0.05) is 6.92 Å². The number of hydrogen-bond acceptors (Lipinski definition) is 3. The van der Waals surface area contributed by atoms with Crippen LogP contribution in [-0.4, -0.2) is 29.1 Å². The second-order valence-electron chi connectivity index (χ2n) is 4.92. The predicted molar refractivity (Wildman–Crippen MR) is 76.9 cm³/mol. The van der Waals surface area contributed by atoms with Gasteiger partial charge in [0, 0.05) is 11.4 Å². The minimum absolute atomic E-state index is 0.480. The van der Waals surface area contributed by atoms with E-state index >= 15 is 0 Å². The third kappa shape index (κ3) is 2.95. The largest absolute Gasteiger partial charge is 0.481 e. The van der Waals surface area contributed by atoms with Crippen molar-refractivity contribution in [3.8, 4) is 0 Å². The van der Waals surface area contributed by atoms with Gasteiger partial charge in [0.05, 0.1) is 9.20 Å². The van der Waals surface area contributed by atoms with Crippen LogP contribution in [-0.2, 0) is 11.3 Å². The summed E-state index contributed by atoms with van der Waals surface area (Å²) in [5.74, 6) is -0.622. The van der Waals surface area contributed by atoms with E-state index in [0.29, 0.717) is 0 Å². The number of nitrogens with zero attached hydrogens (tertiary/aromatic N) is 1. The number of carbonyl (C=O) groups is 1. The standard InChI is InChI=1S/C13H18BrNO2S/c1-2-13(12(16)17)5-7-15(8-6-13)9-10-3-4-11(14)18-10/h3-4H,2,5-9H2,1H3,(H,16,17). The maximum Gasteiger partial charge on any atom is 0.309 e. The van der Waals surface area contributed by atoms with Crippen LogP contribution in [0.15, 0.2) is 15.9 Å². The van der Waals surface area contributed by atoms with Gasteiger partial charge in [-0.05, 0) is 60.4 Å². The maximum atomic E-state index is 11.4. The molecule has 3 nitrogen and oxygen atoms in total. The molecule has 2 heterocycles. The summed E-state index contributed by atoms with van der Waals surface area (Å²) >= 11 is 5.22. The normalized spacial score (nSPS) is 19.9. The molecule has 5 heteroatoms. The minimum atomic E-state index is -0.622. The molecule has 0 atom stereocenters. The number of aliphatic carboxylic acids is 1. The molecule has 1 aliphatic heterocycles. The van der Waals surface area contributed by atoms with Crippen molar-refractivity contribution in [1.82, 2.24) is 4.90 Å². The van der Waals surface area contributed by atoms with Crippen LogP contribution in [0.5, 0.6) is 0 Å². The van der Waals surface area contributed by atoms with Gasteiger partial charge < -0.3 is 5.11 Å². The molecule has 0 bridgehead atoms. The first-order valence-electron chi connectivity index (χ1n) is 6.26. The molecule has 1 fully saturated rings. The quantitative estimate of drug-likeness (QED) is 0.916. The fourth-order valence-corrected chi connectivity index (χ4v) is 4.04. The summed E-state index contributed by atoms with van der Waals surface area (Å²) < 4.78 is 1.16. The van der Waals surface area contributed by atoms with E-state index in [0.717, 1.165) is 42.7 Å². The van der Waals surface area contributed by atoms with Crippen LogP contribution >= 0.6 is 27.3 Å². The van der Waals surface area contributed by atoms with Crippen molar-refractivity contribution in [1.29, 1.82) is 0 Å². The second-order valence-corrected chi connectivity index (χ2v) is 7.47. The molecule has 2 rings (SSSR count). The Balaban J connectivity index is 1.92. The number of piperidine rings is 1. The lowest BCUT2D eigenvalue weighted by atomic mass is 9.76. The molecule has 18 heavy (non-hydrogen) atoms. The van der Waals surface area contributed by atoms with Crippen LogP contribution in [0.3, 0.4) is 0 Å². The van der Waals surface area contributed by atoms with Crippen molar-refractivity contribution in [3.63, 3.8) is 0 Å². The number of likely N-dealkylation sites (tertiary alicyclic amines) is 1. The van der Waals surface area contributed by atoms with Gasteiger partial charge in [-0.2, -0.15) is 0 Å². The zero-order valence-corrected chi connectivity index (χ0v) is 12.9. The lowest BCUT2D eigenvalue weighted by Gasteiger charge is -2.38. The van der Waals surface area contributed by atoms with E-state index < -0.39 is 11.4 Å². The van der Waals surface area contributed by atoms with Gasteiger partial charge in [-0.25, -0.2) is 0 Å². The average molecular weight is 332 g/mol. The van der Waals surface area contributed by atoms with E-state index in [-0.39, 0.29) is 0 Å². The predicted octanol–water partition coefficient (Wildman–Crippen LogP) is 3.59. The van der Waals surface area contributed by atoms with Gasteiger partial charge in [-0.15, -0.1) is 11.3 Å². The molecule has 0 unspecified atom stereocenters. The van der Waals surface area contributed by atoms with Crippen molar-refractivity contribution in [2.75, 3.05) is 13.1 Å². The topological polar surface area (TPSA) is 40.5 Å². The first-order valence-corrected chi connectivity index (χ1v) is 7.87. The van der Waals surface area contributed by atoms with Crippen molar-refractivity contribution in [2.45, 2.75) is 32.7 Å². The van der Waals surface area contributed by atoms with Crippen molar-refractivity contribution >= 4 is 33.2 Å². The molecule has 1 saturated heterocycles. The molecule has 1 aromatic heterocycles. The molecule has 1 N–H and O–H groups in total. The number of carboxylic acids is 1. The first kappa shape index (κ1) is 14.0. The third-order valence-corrected chi connectivity index (χ3v) is 5.56. The van der Waals surface area contributed by atoms with Gasteiger partial charge >= 0.3 is 5.97 Å². The Morgan fingerprint density at radius 1 is 1.50 bits per heavy atom. The smallest absolute Gasteiger partial charge is 0.309 e. The van der Waals surface area contributed by atoms with Crippen LogP contribution in [0.4, 0.5) is 0 Å². The van der Waals surface area contributed by atoms with Crippen molar-refractivity contribution in [3.05, 3.63) is 20.8 Å². The Morgan fingerprint density at radius 3 is 2.61 bits per heavy atom. The molecule has 0 aliphatic carbocycles. The first-order chi connectivity index (χ1) is 8.55. The van der Waals surface area contributed by atoms with E-state index in [9.17, 15) is 9.90 Å². The lowest BCUT2D eigenvalue weighted by Crippen LogP contribution is -2.43. The van der Waals surface area contributed by atoms with E-state index in [1.807, 2.05) is 6.92 Å². The zero-order valence-electron chi connectivity index (χ0n) is 10.5. The Morgan fingerprint density at radius 2 is 2.17 bits per heavy atom. The fourth-order valence-electron chi connectivity index (χ4n) is 2.51. The molecule has 0 amide bonds. The molecule has 0 aromatic carbocycles. The zero-order chi connectivity index (χ0) is 13.2. The summed E-state index contributed by atoms with van der Waals surface area (Å²) in [4.78, 5) is 15.0. The summed E-state index contributed by atoms with van der Waals surface area (Å²) in [7, 11) is 0. The monoisotopic (exact) mass is 331 g/mol. The highest BCUT2D eigenvalue weighted by Gasteiger charge is 2.39. The van der Waals surface area contributed by atoms with Crippen molar-refractivity contribution < 1.29 is 9.90 Å². The van der Waals surface area contributed by atoms with Gasteiger partial charge in [0.2, 0.25) is 0 Å². The molecular formula is C13H18BrNO2S. The Bertz CT molecular complexity index is 424. The molecule has 0 radical (unpaired) electrons. The molecule has 1 aliphatic rings. The second kappa shape index (κ2) is 5.72. The van der Waals surface area contributed by atoms with Gasteiger partial charge in [0.15, 0.2) is 0 Å². The van der Waals surface area contributed by atoms with Crippen LogP contribution in [0, 0.1) is 5.41 Å². The summed E-state index contributed by atoms with van der Waals surface area (Å²) in [6.45, 7) is 4.70. The molecular weight excluding hydrogens is 314 g/mol. The minimum Gasteiger partial charge on any atom is -0.481 e. The maximum absolute atomic E-state index is 11.4. The van der Waals surface area contributed by atoms with Gasteiger partial charge in [0.25, 0.3) is 0 Å². The van der Waals surface area contributed by atoms with Crippen molar-refractivity contribution in [2.24, 2.45) is 5.41 Å². The van der Waals surface area contributed by atoms with Crippen LogP contribution in [0.2, 0.25) is 0 Å². The van der Waals surface area contributed by atoms with Gasteiger partial charge in [0.1, 0.15) is 0 Å². The Hall–Kier alpha value is -0.390. The number of carboxylic acid groups (broad SMARTS) is 1. The number of halogens is 1. The number of hydrogen-bond donors (Lipinski definition) is 1. The highest BCUT2D eigenvalue weighted by molar-refractivity contribution is 9.11. The van der Waals surface area contributed by atoms with E-state index in [1.54, 1.807) is 11.3 Å². The Labute approximate surface area is 120 Å². The van der Waals surface area contributed by atoms with E-state index in [1.165, 1.54) is 4.88 Å². The summed E-state index contributed by atoms with van der Waals surface area (Å²) in [6.07, 6.45) is 2.28. The van der Waals surface area contributed by atoms with Crippen LogP contribution < -0.4 is 0 Å². The highest BCUT2D eigenvalue weighted by Crippen LogP contribution is 2.36. The Kier molecular flexibility index (Phi) is 4.45. The van der Waals surface area contributed by atoms with E-state index in [2.05, 4.69) is 33.0 Å². The fraction of sp³-hybridized carbons (Fsp3) is 0.615. The number of rotatable bonds is 4. The molecule has 100 valence electrons. The van der Waals surface area contributed by atoms with Crippen LogP contribution in [0.1, 0.15) is 31.1 Å². The summed E-state index contributed by atoms with van der Waals surface area (Å²) in [6, 6.07) is 4.20. The van der Waals surface area contributed by atoms with E-state index in [4.69, 9.17) is 0 Å². The third-order valence-electron chi connectivity index (χ3n) is 3.95. The molecule has 1 aromatic rings. The molecule has 0 saturated carbocycles. The summed E-state index contributed by atoms with van der Waals surface area (Å²) in [5, 5.41) is 9.35. The lowest BCUT2D eigenvalue weighted by molar-refractivity contribution is -0.152. The SMILES string of the molecule is CCC1(C(=O)O)CCN(Cc2ccc(Br)s2)CC1.